The van der Waals surface area contributed by atoms with Gasteiger partial charge in [0.1, 0.15) is 0 Å². The minimum atomic E-state index is -0.0955. The van der Waals surface area contributed by atoms with Gasteiger partial charge in [-0.2, -0.15) is 0 Å². The topological polar surface area (TPSA) is 29.1 Å². The standard InChI is InChI=1S/C7H11Br2NO/c1-2-5-10-7(11)6(9)3-4-8/h2,6H,1,3-5H2,(H,10,11). The van der Waals surface area contributed by atoms with Gasteiger partial charge in [0.2, 0.25) is 5.91 Å². The summed E-state index contributed by atoms with van der Waals surface area (Å²) in [5.74, 6) is 0.0179. The minimum absolute atomic E-state index is 0.0179. The van der Waals surface area contributed by atoms with Gasteiger partial charge in [-0.1, -0.05) is 37.9 Å². The quantitative estimate of drug-likeness (QED) is 0.606. The number of amides is 1. The highest BCUT2D eigenvalue weighted by atomic mass is 79.9. The fourth-order valence-electron chi connectivity index (χ4n) is 0.510. The average Bonchev–Trinajstić information content (AvgIpc) is 2.00. The first-order valence-corrected chi connectivity index (χ1v) is 5.34. The molecule has 1 amide bonds. The van der Waals surface area contributed by atoms with E-state index in [9.17, 15) is 4.79 Å². The number of halogens is 2. The van der Waals surface area contributed by atoms with E-state index in [4.69, 9.17) is 0 Å². The highest BCUT2D eigenvalue weighted by Gasteiger charge is 2.11. The van der Waals surface area contributed by atoms with Crippen LogP contribution in [-0.4, -0.2) is 22.6 Å². The third-order valence-corrected chi connectivity index (χ3v) is 2.40. The predicted molar refractivity (Wildman–Crippen MR) is 54.3 cm³/mol. The molecule has 0 aromatic heterocycles. The van der Waals surface area contributed by atoms with E-state index in [1.807, 2.05) is 0 Å². The van der Waals surface area contributed by atoms with Crippen molar-refractivity contribution in [2.24, 2.45) is 0 Å². The van der Waals surface area contributed by atoms with E-state index in [1.54, 1.807) is 6.08 Å². The molecule has 0 aromatic rings. The lowest BCUT2D eigenvalue weighted by molar-refractivity contribution is -0.120. The Morgan fingerprint density at radius 3 is 2.82 bits per heavy atom. The first kappa shape index (κ1) is 11.2. The summed E-state index contributed by atoms with van der Waals surface area (Å²) in [5, 5.41) is 3.52. The van der Waals surface area contributed by atoms with Gasteiger partial charge in [-0.05, 0) is 6.42 Å². The van der Waals surface area contributed by atoms with Crippen molar-refractivity contribution in [2.75, 3.05) is 11.9 Å². The summed E-state index contributed by atoms with van der Waals surface area (Å²) in [4.78, 5) is 11.0. The van der Waals surface area contributed by atoms with Gasteiger partial charge in [-0.15, -0.1) is 6.58 Å². The number of carbonyl (C=O) groups is 1. The van der Waals surface area contributed by atoms with E-state index in [-0.39, 0.29) is 10.7 Å². The van der Waals surface area contributed by atoms with Crippen molar-refractivity contribution in [2.45, 2.75) is 11.2 Å². The van der Waals surface area contributed by atoms with E-state index in [2.05, 4.69) is 43.8 Å². The second kappa shape index (κ2) is 6.85. The molecule has 0 saturated heterocycles. The molecule has 0 aliphatic heterocycles. The van der Waals surface area contributed by atoms with Crippen LogP contribution in [0.25, 0.3) is 0 Å². The Kier molecular flexibility index (Phi) is 6.96. The predicted octanol–water partition coefficient (Wildman–Crippen LogP) is 1.84. The third kappa shape index (κ3) is 5.44. The number of alkyl halides is 2. The maximum Gasteiger partial charge on any atom is 0.234 e. The Morgan fingerprint density at radius 1 is 1.73 bits per heavy atom. The molecule has 64 valence electrons. The van der Waals surface area contributed by atoms with Crippen LogP contribution >= 0.6 is 31.9 Å². The zero-order valence-electron chi connectivity index (χ0n) is 6.15. The zero-order valence-corrected chi connectivity index (χ0v) is 9.32. The van der Waals surface area contributed by atoms with Crippen LogP contribution in [0.5, 0.6) is 0 Å². The summed E-state index contributed by atoms with van der Waals surface area (Å²) in [6.07, 6.45) is 2.45. The number of carbonyl (C=O) groups excluding carboxylic acids is 1. The van der Waals surface area contributed by atoms with E-state index < -0.39 is 0 Å². The summed E-state index contributed by atoms with van der Waals surface area (Å²) < 4.78 is 0. The van der Waals surface area contributed by atoms with Gasteiger partial charge in [0, 0.05) is 11.9 Å². The molecule has 0 aromatic carbocycles. The first-order valence-electron chi connectivity index (χ1n) is 3.31. The maximum absolute atomic E-state index is 11.1. The van der Waals surface area contributed by atoms with Crippen LogP contribution in [0.4, 0.5) is 0 Å². The van der Waals surface area contributed by atoms with E-state index in [0.717, 1.165) is 11.8 Å². The molecule has 0 aliphatic rings. The van der Waals surface area contributed by atoms with Crippen LogP contribution in [0.1, 0.15) is 6.42 Å². The first-order chi connectivity index (χ1) is 5.22. The normalized spacial score (nSPS) is 12.2. The van der Waals surface area contributed by atoms with Crippen LogP contribution in [0, 0.1) is 0 Å². The van der Waals surface area contributed by atoms with Gasteiger partial charge in [-0.25, -0.2) is 0 Å². The van der Waals surface area contributed by atoms with Gasteiger partial charge in [0.25, 0.3) is 0 Å². The van der Waals surface area contributed by atoms with E-state index in [1.165, 1.54) is 0 Å². The molecule has 0 bridgehead atoms. The summed E-state index contributed by atoms with van der Waals surface area (Å²) in [6.45, 7) is 4.03. The smallest absolute Gasteiger partial charge is 0.234 e. The number of rotatable bonds is 5. The van der Waals surface area contributed by atoms with Gasteiger partial charge in [0.15, 0.2) is 0 Å². The Hall–Kier alpha value is 0.170. The van der Waals surface area contributed by atoms with E-state index in [0.29, 0.717) is 6.54 Å². The Balaban J connectivity index is 3.54. The highest BCUT2D eigenvalue weighted by Crippen LogP contribution is 2.06. The molecule has 1 atom stereocenters. The van der Waals surface area contributed by atoms with Crippen LogP contribution < -0.4 is 5.32 Å². The van der Waals surface area contributed by atoms with Gasteiger partial charge < -0.3 is 5.32 Å². The second-order valence-corrected chi connectivity index (χ2v) is 3.88. The van der Waals surface area contributed by atoms with Gasteiger partial charge in [0.05, 0.1) is 4.83 Å². The van der Waals surface area contributed by atoms with E-state index >= 15 is 0 Å². The molecule has 0 radical (unpaired) electrons. The Morgan fingerprint density at radius 2 is 2.36 bits per heavy atom. The van der Waals surface area contributed by atoms with Crippen LogP contribution in [0.15, 0.2) is 12.7 Å². The van der Waals surface area contributed by atoms with Crippen LogP contribution in [0.3, 0.4) is 0 Å². The monoisotopic (exact) mass is 283 g/mol. The molecule has 0 heterocycles. The van der Waals surface area contributed by atoms with Crippen molar-refractivity contribution >= 4 is 37.8 Å². The molecule has 11 heavy (non-hydrogen) atoms. The summed E-state index contributed by atoms with van der Waals surface area (Å²) in [6, 6.07) is 0. The van der Waals surface area contributed by atoms with Crippen molar-refractivity contribution in [3.05, 3.63) is 12.7 Å². The fraction of sp³-hybridized carbons (Fsp3) is 0.571. The molecule has 2 nitrogen and oxygen atoms in total. The summed E-state index contributed by atoms with van der Waals surface area (Å²) in [7, 11) is 0. The molecule has 0 aliphatic carbocycles. The summed E-state index contributed by atoms with van der Waals surface area (Å²) in [5.41, 5.74) is 0. The SMILES string of the molecule is C=CCNC(=O)C(Br)CCBr. The van der Waals surface area contributed by atoms with Crippen molar-refractivity contribution in [1.82, 2.24) is 5.32 Å². The highest BCUT2D eigenvalue weighted by molar-refractivity contribution is 9.10. The summed E-state index contributed by atoms with van der Waals surface area (Å²) >= 11 is 6.51. The fourth-order valence-corrected chi connectivity index (χ4v) is 1.97. The number of nitrogens with one attached hydrogen (secondary N) is 1. The Bertz CT molecular complexity index is 138. The largest absolute Gasteiger partial charge is 0.352 e. The van der Waals surface area contributed by atoms with Crippen LogP contribution in [0.2, 0.25) is 0 Å². The lowest BCUT2D eigenvalue weighted by Gasteiger charge is -2.06. The van der Waals surface area contributed by atoms with Crippen molar-refractivity contribution in [3.63, 3.8) is 0 Å². The molecule has 0 spiro atoms. The number of hydrogen-bond donors (Lipinski definition) is 1. The molecule has 0 fully saturated rings. The molecule has 0 saturated carbocycles. The molecule has 1 unspecified atom stereocenters. The molecule has 4 heteroatoms. The molecular formula is C7H11Br2NO. The Labute approximate surface area is 83.7 Å². The van der Waals surface area contributed by atoms with Crippen molar-refractivity contribution < 1.29 is 4.79 Å². The van der Waals surface area contributed by atoms with Crippen molar-refractivity contribution in [1.29, 1.82) is 0 Å². The van der Waals surface area contributed by atoms with Gasteiger partial charge in [-0.3, -0.25) is 4.79 Å². The zero-order chi connectivity index (χ0) is 8.69. The third-order valence-electron chi connectivity index (χ3n) is 1.07. The maximum atomic E-state index is 11.1. The molecule has 1 N–H and O–H groups in total. The van der Waals surface area contributed by atoms with Crippen molar-refractivity contribution in [3.8, 4) is 0 Å². The molecule has 0 rings (SSSR count). The second-order valence-electron chi connectivity index (χ2n) is 1.98. The lowest BCUT2D eigenvalue weighted by Crippen LogP contribution is -2.31. The molecular weight excluding hydrogens is 274 g/mol. The minimum Gasteiger partial charge on any atom is -0.352 e. The van der Waals surface area contributed by atoms with Crippen LogP contribution in [-0.2, 0) is 4.79 Å². The average molecular weight is 285 g/mol. The lowest BCUT2D eigenvalue weighted by atomic mass is 10.3. The van der Waals surface area contributed by atoms with Gasteiger partial charge >= 0.3 is 0 Å². The number of hydrogen-bond acceptors (Lipinski definition) is 1.